The summed E-state index contributed by atoms with van der Waals surface area (Å²) in [5.74, 6) is 9.45. The van der Waals surface area contributed by atoms with Crippen LogP contribution in [0, 0.1) is 35.5 Å². The number of hydrogen-bond donors (Lipinski definition) is 6. The molecule has 0 radical (unpaired) electrons. The highest BCUT2D eigenvalue weighted by molar-refractivity contribution is 5.95. The van der Waals surface area contributed by atoms with Gasteiger partial charge in [0.05, 0.1) is 36.4 Å². The van der Waals surface area contributed by atoms with Crippen molar-refractivity contribution in [2.75, 3.05) is 66.6 Å². The second-order valence-corrected chi connectivity index (χ2v) is 22.1. The van der Waals surface area contributed by atoms with E-state index < -0.39 is 60.5 Å². The average Bonchev–Trinajstić information content (AvgIpc) is 4.35. The number of piperidine rings is 2. The van der Waals surface area contributed by atoms with Gasteiger partial charge in [-0.2, -0.15) is 0 Å². The minimum Gasteiger partial charge on any atom is -0.363 e. The standard InChI is InChI=1S/C60H80N10O10/c1-37(61-5)55(73)63-51(41-23-29-67(30-24-41)39(3)71)59(77)69-27-15-21-47(69)57(75)65-53-45-19-11-9-17-43(45)35-49(53)79-33-13-7-8-14-34-80-50-36-44-18-10-12-20-46(44)54(50)66-58(76)48-22-16-28-70(48)60(78)52(64-56(74)38(2)62-6)42-25-31-68(32-26-42)40(4)72/h9-12,17-20,37-38,41-42,47-54,61-62H,15-16,21-36H2,1-6H3,(H,63,73)(H,64,74)(H,65,75)(H,66,76)/t37-,38-,47-,48-,49+,50+,51-,52-,53-,54-/m0/s1. The van der Waals surface area contributed by atoms with Gasteiger partial charge in [0.1, 0.15) is 37.4 Å². The first-order chi connectivity index (χ1) is 38.6. The molecule has 0 unspecified atom stereocenters. The van der Waals surface area contributed by atoms with E-state index in [-0.39, 0.29) is 72.3 Å². The lowest BCUT2D eigenvalue weighted by Crippen LogP contribution is -2.59. The summed E-state index contributed by atoms with van der Waals surface area (Å²) < 4.78 is 12.7. The van der Waals surface area contributed by atoms with Gasteiger partial charge >= 0.3 is 0 Å². The molecule has 6 aliphatic rings. The van der Waals surface area contributed by atoms with E-state index in [1.165, 1.54) is 13.8 Å². The highest BCUT2D eigenvalue weighted by Gasteiger charge is 2.46. The van der Waals surface area contributed by atoms with Gasteiger partial charge in [-0.3, -0.25) is 38.4 Å². The summed E-state index contributed by atoms with van der Waals surface area (Å²) >= 11 is 0. The molecule has 4 heterocycles. The van der Waals surface area contributed by atoms with E-state index in [1.54, 1.807) is 47.5 Å². The van der Waals surface area contributed by atoms with Crippen LogP contribution in [0.4, 0.5) is 0 Å². The van der Waals surface area contributed by atoms with E-state index in [9.17, 15) is 38.4 Å². The van der Waals surface area contributed by atoms with Crippen LogP contribution in [-0.4, -0.2) is 182 Å². The number of benzene rings is 2. The Morgan fingerprint density at radius 3 is 1.29 bits per heavy atom. The average molecular weight is 1100 g/mol. The second-order valence-electron chi connectivity index (χ2n) is 22.1. The molecule has 2 aromatic carbocycles. The molecule has 0 spiro atoms. The first-order valence-electron chi connectivity index (χ1n) is 28.6. The first kappa shape index (κ1) is 59.3. The van der Waals surface area contributed by atoms with Crippen LogP contribution in [0.2, 0.25) is 0 Å². The minimum absolute atomic E-state index is 0.0263. The molecule has 0 saturated carbocycles. The van der Waals surface area contributed by atoms with E-state index in [4.69, 9.17) is 9.47 Å². The number of nitrogens with one attached hydrogen (secondary N) is 6. The van der Waals surface area contributed by atoms with Crippen molar-refractivity contribution in [1.29, 1.82) is 0 Å². The Hall–Kier alpha value is -6.84. The minimum atomic E-state index is -0.846. The maximum atomic E-state index is 14.5. The molecule has 80 heavy (non-hydrogen) atoms. The van der Waals surface area contributed by atoms with Gasteiger partial charge in [0.25, 0.3) is 0 Å². The summed E-state index contributed by atoms with van der Waals surface area (Å²) in [5.41, 5.74) is 3.94. The molecule has 10 atom stereocenters. The van der Waals surface area contributed by atoms with Gasteiger partial charge in [0.15, 0.2) is 0 Å². The van der Waals surface area contributed by atoms with E-state index in [0.29, 0.717) is 103 Å². The summed E-state index contributed by atoms with van der Waals surface area (Å²) in [5, 5.41) is 18.3. The third-order valence-electron chi connectivity index (χ3n) is 17.3. The second kappa shape index (κ2) is 27.6. The number of ether oxygens (including phenoxy) is 2. The summed E-state index contributed by atoms with van der Waals surface area (Å²) in [6.07, 6.45) is 4.61. The van der Waals surface area contributed by atoms with Gasteiger partial charge in [-0.05, 0) is 125 Å². The van der Waals surface area contributed by atoms with Crippen LogP contribution in [0.15, 0.2) is 48.5 Å². The van der Waals surface area contributed by atoms with Crippen molar-refractivity contribution in [2.45, 2.75) is 152 Å². The smallest absolute Gasteiger partial charge is 0.246 e. The van der Waals surface area contributed by atoms with Crippen molar-refractivity contribution in [3.05, 3.63) is 70.8 Å². The fourth-order valence-corrected chi connectivity index (χ4v) is 12.4. The van der Waals surface area contributed by atoms with Crippen LogP contribution in [0.5, 0.6) is 0 Å². The van der Waals surface area contributed by atoms with Crippen LogP contribution < -0.4 is 31.9 Å². The Bertz CT molecular complexity index is 2550. The van der Waals surface area contributed by atoms with Crippen LogP contribution in [0.3, 0.4) is 0 Å². The number of fused-ring (bicyclic) bond motifs is 2. The predicted molar refractivity (Wildman–Crippen MR) is 297 cm³/mol. The zero-order chi connectivity index (χ0) is 57.0. The maximum Gasteiger partial charge on any atom is 0.246 e. The molecule has 20 heteroatoms. The zero-order valence-corrected chi connectivity index (χ0v) is 47.1. The maximum absolute atomic E-state index is 14.5. The third kappa shape index (κ3) is 14.0. The summed E-state index contributed by atoms with van der Waals surface area (Å²) in [6, 6.07) is 10.5. The first-order valence-corrected chi connectivity index (χ1v) is 28.6. The Labute approximate surface area is 470 Å². The fraction of sp³-hybridized carbons (Fsp3) is 0.600. The fourth-order valence-electron chi connectivity index (χ4n) is 12.4. The Morgan fingerprint density at radius 1 is 0.550 bits per heavy atom. The monoisotopic (exact) mass is 1100 g/mol. The van der Waals surface area contributed by atoms with E-state index in [2.05, 4.69) is 55.6 Å². The highest BCUT2D eigenvalue weighted by Crippen LogP contribution is 2.36. The zero-order valence-electron chi connectivity index (χ0n) is 47.1. The van der Waals surface area contributed by atoms with E-state index in [1.807, 2.05) is 48.5 Å². The number of likely N-dealkylation sites (N-methyl/N-ethyl adjacent to an activating group) is 2. The topological polar surface area (TPSA) is 240 Å². The lowest BCUT2D eigenvalue weighted by Gasteiger charge is -2.38. The highest BCUT2D eigenvalue weighted by atomic mass is 16.5. The largest absolute Gasteiger partial charge is 0.363 e. The van der Waals surface area contributed by atoms with Gasteiger partial charge in [0.2, 0.25) is 47.3 Å². The van der Waals surface area contributed by atoms with Crippen molar-refractivity contribution >= 4 is 47.3 Å². The van der Waals surface area contributed by atoms with Crippen LogP contribution >= 0.6 is 0 Å². The van der Waals surface area contributed by atoms with Gasteiger partial charge < -0.3 is 61.0 Å². The molecule has 4 fully saturated rings. The molecule has 4 aliphatic heterocycles. The summed E-state index contributed by atoms with van der Waals surface area (Å²) in [7, 11) is 3.36. The van der Waals surface area contributed by atoms with Gasteiger partial charge in [-0.25, -0.2) is 0 Å². The van der Waals surface area contributed by atoms with Crippen LogP contribution in [-0.2, 0) is 60.7 Å². The molecular weight excluding hydrogens is 1020 g/mol. The number of carbonyl (C=O) groups is 8. The van der Waals surface area contributed by atoms with Crippen molar-refractivity contribution in [3.8, 4) is 23.7 Å². The molecular formula is C60H80N10O10. The van der Waals surface area contributed by atoms with Crippen LogP contribution in [0.1, 0.15) is 113 Å². The molecule has 6 N–H and O–H groups in total. The molecule has 20 nitrogen and oxygen atoms in total. The van der Waals surface area contributed by atoms with E-state index >= 15 is 0 Å². The number of hydrogen-bond acceptors (Lipinski definition) is 12. The molecule has 8 rings (SSSR count). The molecule has 4 saturated heterocycles. The predicted octanol–water partition coefficient (Wildman–Crippen LogP) is 1.28. The molecule has 8 amide bonds. The van der Waals surface area contributed by atoms with Gasteiger partial charge in [-0.1, -0.05) is 60.4 Å². The quantitative estimate of drug-likeness (QED) is 0.116. The summed E-state index contributed by atoms with van der Waals surface area (Å²) in [4.78, 5) is 115. The number of carbonyl (C=O) groups excluding carboxylic acids is 8. The molecule has 2 aromatic rings. The van der Waals surface area contributed by atoms with Gasteiger partial charge in [0, 0.05) is 66.0 Å². The number of amides is 8. The molecule has 0 aromatic heterocycles. The SMILES string of the molecule is CN[C@@H](C)C(=O)N[C@H](C(=O)N1CCC[C@H]1C(=O)N[C@H]1c2ccccc2C[C@H]1OCC#CC#CCO[C@@H]1Cc2ccccc2[C@@H]1NC(=O)[C@@H]1CCCN1C(=O)[C@@H](NC(=O)[C@H](C)NC)C1CCN(C(C)=O)CC1)C1CCN(C(C)=O)CC1. The normalized spacial score (nSPS) is 24.2. The van der Waals surface area contributed by atoms with Crippen molar-refractivity contribution in [2.24, 2.45) is 11.8 Å². The Morgan fingerprint density at radius 2 is 0.925 bits per heavy atom. The molecule has 0 bridgehead atoms. The number of nitrogens with zero attached hydrogens (tertiary/aromatic N) is 4. The lowest BCUT2D eigenvalue weighted by molar-refractivity contribution is -0.144. The Kier molecular flexibility index (Phi) is 20.4. The van der Waals surface area contributed by atoms with Crippen LogP contribution in [0.25, 0.3) is 0 Å². The lowest BCUT2D eigenvalue weighted by atomic mass is 9.88. The third-order valence-corrected chi connectivity index (χ3v) is 17.3. The Balaban J connectivity index is 0.863. The molecule has 430 valence electrons. The number of rotatable bonds is 18. The van der Waals surface area contributed by atoms with E-state index in [0.717, 1.165) is 22.3 Å². The summed E-state index contributed by atoms with van der Waals surface area (Å²) in [6.45, 7) is 9.29. The molecule has 2 aliphatic carbocycles. The van der Waals surface area contributed by atoms with Crippen molar-refractivity contribution in [1.82, 2.24) is 51.5 Å². The number of likely N-dealkylation sites (tertiary alicyclic amines) is 4. The van der Waals surface area contributed by atoms with Crippen molar-refractivity contribution < 1.29 is 47.8 Å². The van der Waals surface area contributed by atoms with Gasteiger partial charge in [-0.15, -0.1) is 0 Å². The van der Waals surface area contributed by atoms with Crippen molar-refractivity contribution in [3.63, 3.8) is 0 Å².